The number of carbonyl (C=O) groups is 1. The molecule has 0 saturated carbocycles. The molecule has 0 aliphatic carbocycles. The van der Waals surface area contributed by atoms with Gasteiger partial charge in [0.2, 0.25) is 10.0 Å². The molecule has 0 atom stereocenters. The summed E-state index contributed by atoms with van der Waals surface area (Å²) in [5, 5.41) is 18.1. The van der Waals surface area contributed by atoms with Gasteiger partial charge in [0.05, 0.1) is 18.1 Å². The number of morpholine rings is 1. The highest BCUT2D eigenvalue weighted by atomic mass is 32.2. The monoisotopic (exact) mass is 415 g/mol. The second-order valence-electron chi connectivity index (χ2n) is 6.65. The van der Waals surface area contributed by atoms with Crippen LogP contribution in [0.15, 0.2) is 40.8 Å². The number of nitrogens with zero attached hydrogens (tertiary/aromatic N) is 3. The molecule has 3 rings (SSSR count). The lowest BCUT2D eigenvalue weighted by atomic mass is 10.1. The van der Waals surface area contributed by atoms with E-state index in [0.717, 1.165) is 5.69 Å². The van der Waals surface area contributed by atoms with Gasteiger partial charge in [-0.1, -0.05) is 6.07 Å². The molecule has 1 fully saturated rings. The minimum Gasteiger partial charge on any atom is -0.477 e. The molecule has 2 aromatic rings. The second-order valence-corrected chi connectivity index (χ2v) is 8.59. The summed E-state index contributed by atoms with van der Waals surface area (Å²) < 4.78 is 34.4. The Kier molecular flexibility index (Phi) is 5.88. The SMILES string of the molecule is Cc1cc(/C=C(\C#N)C(=O)O)c(C)n1-c1cccc(S(=O)(=O)N2CCOCC2)c1. The molecule has 152 valence electrons. The normalized spacial score (nSPS) is 15.8. The van der Waals surface area contributed by atoms with E-state index in [-0.39, 0.29) is 10.5 Å². The van der Waals surface area contributed by atoms with E-state index >= 15 is 0 Å². The van der Waals surface area contributed by atoms with Crippen LogP contribution in [0.25, 0.3) is 11.8 Å². The third kappa shape index (κ3) is 4.10. The van der Waals surface area contributed by atoms with Crippen LogP contribution in [0, 0.1) is 25.2 Å². The molecule has 0 bridgehead atoms. The maximum atomic E-state index is 13.0. The van der Waals surface area contributed by atoms with Gasteiger partial charge >= 0.3 is 5.97 Å². The van der Waals surface area contributed by atoms with Crippen molar-refractivity contribution in [2.24, 2.45) is 0 Å². The number of sulfonamides is 1. The first-order valence-corrected chi connectivity index (χ1v) is 10.4. The molecule has 1 N–H and O–H groups in total. The third-order valence-corrected chi connectivity index (χ3v) is 6.70. The average Bonchev–Trinajstić information content (AvgIpc) is 2.99. The van der Waals surface area contributed by atoms with Crippen molar-refractivity contribution in [2.75, 3.05) is 26.3 Å². The quantitative estimate of drug-likeness (QED) is 0.591. The molecular weight excluding hydrogens is 394 g/mol. The number of nitriles is 1. The summed E-state index contributed by atoms with van der Waals surface area (Å²) in [6.07, 6.45) is 1.31. The van der Waals surface area contributed by atoms with E-state index in [4.69, 9.17) is 15.1 Å². The zero-order chi connectivity index (χ0) is 21.2. The number of ether oxygens (including phenoxy) is 1. The average molecular weight is 415 g/mol. The van der Waals surface area contributed by atoms with E-state index in [0.29, 0.717) is 43.2 Å². The van der Waals surface area contributed by atoms with Crippen LogP contribution < -0.4 is 0 Å². The molecule has 1 saturated heterocycles. The number of carboxylic acids is 1. The molecule has 1 aliphatic heterocycles. The highest BCUT2D eigenvalue weighted by Crippen LogP contribution is 2.26. The van der Waals surface area contributed by atoms with Gasteiger partial charge in [-0.3, -0.25) is 0 Å². The highest BCUT2D eigenvalue weighted by Gasteiger charge is 2.26. The largest absolute Gasteiger partial charge is 0.477 e. The topological polar surface area (TPSA) is 113 Å². The van der Waals surface area contributed by atoms with Crippen LogP contribution in [0.5, 0.6) is 0 Å². The number of aromatic nitrogens is 1. The maximum Gasteiger partial charge on any atom is 0.346 e. The number of benzene rings is 1. The van der Waals surface area contributed by atoms with Crippen molar-refractivity contribution in [1.82, 2.24) is 8.87 Å². The number of hydrogen-bond donors (Lipinski definition) is 1. The van der Waals surface area contributed by atoms with Crippen molar-refractivity contribution >= 4 is 22.1 Å². The predicted molar refractivity (Wildman–Crippen MR) is 106 cm³/mol. The number of hydrogen-bond acceptors (Lipinski definition) is 5. The van der Waals surface area contributed by atoms with Crippen LogP contribution in [-0.2, 0) is 19.6 Å². The Morgan fingerprint density at radius 3 is 2.55 bits per heavy atom. The molecular formula is C20H21N3O5S. The number of aliphatic carboxylic acids is 1. The lowest BCUT2D eigenvalue weighted by Gasteiger charge is -2.26. The number of aryl methyl sites for hydroxylation is 1. The molecule has 2 heterocycles. The summed E-state index contributed by atoms with van der Waals surface area (Å²) >= 11 is 0. The first kappa shape index (κ1) is 20.8. The van der Waals surface area contributed by atoms with Crippen LogP contribution in [0.1, 0.15) is 17.0 Å². The van der Waals surface area contributed by atoms with Crippen molar-refractivity contribution < 1.29 is 23.1 Å². The lowest BCUT2D eigenvalue weighted by molar-refractivity contribution is -0.132. The van der Waals surface area contributed by atoms with Gasteiger partial charge in [-0.15, -0.1) is 0 Å². The fourth-order valence-corrected chi connectivity index (χ4v) is 4.80. The van der Waals surface area contributed by atoms with E-state index in [1.54, 1.807) is 43.3 Å². The molecule has 0 unspecified atom stereocenters. The Balaban J connectivity index is 2.04. The zero-order valence-electron chi connectivity index (χ0n) is 16.1. The maximum absolute atomic E-state index is 13.0. The second kappa shape index (κ2) is 8.21. The summed E-state index contributed by atoms with van der Waals surface area (Å²) in [4.78, 5) is 11.3. The van der Waals surface area contributed by atoms with Crippen molar-refractivity contribution in [3.05, 3.63) is 52.9 Å². The zero-order valence-corrected chi connectivity index (χ0v) is 16.9. The Morgan fingerprint density at radius 2 is 1.93 bits per heavy atom. The Morgan fingerprint density at radius 1 is 1.24 bits per heavy atom. The van der Waals surface area contributed by atoms with Gasteiger partial charge < -0.3 is 14.4 Å². The summed E-state index contributed by atoms with van der Waals surface area (Å²) in [6.45, 7) is 4.99. The first-order chi connectivity index (χ1) is 13.8. The smallest absolute Gasteiger partial charge is 0.346 e. The van der Waals surface area contributed by atoms with E-state index in [1.807, 2.05) is 11.5 Å². The highest BCUT2D eigenvalue weighted by molar-refractivity contribution is 7.89. The molecule has 1 aromatic carbocycles. The first-order valence-electron chi connectivity index (χ1n) is 8.98. The van der Waals surface area contributed by atoms with Crippen molar-refractivity contribution in [3.8, 4) is 11.8 Å². The van der Waals surface area contributed by atoms with Gasteiger partial charge in [-0.25, -0.2) is 13.2 Å². The summed E-state index contributed by atoms with van der Waals surface area (Å²) in [6, 6.07) is 10.0. The number of carboxylic acid groups (broad SMARTS) is 1. The van der Waals surface area contributed by atoms with Crippen molar-refractivity contribution in [3.63, 3.8) is 0 Å². The Labute approximate surface area is 169 Å². The van der Waals surface area contributed by atoms with Gasteiger partial charge in [-0.05, 0) is 49.8 Å². The summed E-state index contributed by atoms with van der Waals surface area (Å²) in [7, 11) is -3.64. The van der Waals surface area contributed by atoms with Crippen LogP contribution in [0.2, 0.25) is 0 Å². The van der Waals surface area contributed by atoms with Gasteiger partial charge in [0.15, 0.2) is 0 Å². The molecule has 9 heteroatoms. The molecule has 0 amide bonds. The molecule has 0 spiro atoms. The minimum atomic E-state index is -3.64. The van der Waals surface area contributed by atoms with Crippen LogP contribution in [0.3, 0.4) is 0 Å². The fourth-order valence-electron chi connectivity index (χ4n) is 3.35. The standard InChI is InChI=1S/C20H21N3O5S/c1-14-10-16(11-17(13-21)20(24)25)15(2)23(14)18-4-3-5-19(12-18)29(26,27)22-6-8-28-9-7-22/h3-5,10-12H,6-9H2,1-2H3,(H,24,25)/b17-11+. The Hall–Kier alpha value is -2.93. The molecule has 29 heavy (non-hydrogen) atoms. The van der Waals surface area contributed by atoms with Gasteiger partial charge in [0.1, 0.15) is 11.6 Å². The fraction of sp³-hybridized carbons (Fsp3) is 0.300. The molecule has 1 aliphatic rings. The summed E-state index contributed by atoms with van der Waals surface area (Å²) in [5.41, 5.74) is 2.36. The summed E-state index contributed by atoms with van der Waals surface area (Å²) in [5.74, 6) is -1.30. The Bertz CT molecular complexity index is 1120. The van der Waals surface area contributed by atoms with Gasteiger partial charge in [0.25, 0.3) is 0 Å². The third-order valence-electron chi connectivity index (χ3n) is 4.80. The van der Waals surface area contributed by atoms with Crippen LogP contribution in [0.4, 0.5) is 0 Å². The van der Waals surface area contributed by atoms with Gasteiger partial charge in [0, 0.05) is 30.2 Å². The molecule has 0 radical (unpaired) electrons. The van der Waals surface area contributed by atoms with Crippen molar-refractivity contribution in [1.29, 1.82) is 5.26 Å². The van der Waals surface area contributed by atoms with E-state index < -0.39 is 16.0 Å². The molecule has 1 aromatic heterocycles. The van der Waals surface area contributed by atoms with E-state index in [9.17, 15) is 13.2 Å². The van der Waals surface area contributed by atoms with Crippen LogP contribution in [-0.4, -0.2) is 54.7 Å². The molecule has 8 nitrogen and oxygen atoms in total. The minimum absolute atomic E-state index is 0.185. The van der Waals surface area contributed by atoms with E-state index in [2.05, 4.69) is 0 Å². The van der Waals surface area contributed by atoms with E-state index in [1.165, 1.54) is 10.4 Å². The van der Waals surface area contributed by atoms with Crippen LogP contribution >= 0.6 is 0 Å². The van der Waals surface area contributed by atoms with Gasteiger partial charge in [-0.2, -0.15) is 9.57 Å². The van der Waals surface area contributed by atoms with Crippen molar-refractivity contribution in [2.45, 2.75) is 18.7 Å². The lowest BCUT2D eigenvalue weighted by Crippen LogP contribution is -2.40. The predicted octanol–water partition coefficient (Wildman–Crippen LogP) is 2.11. The number of rotatable bonds is 5.